The minimum absolute atomic E-state index is 0.723. The molecule has 2 heterocycles. The van der Waals surface area contributed by atoms with Crippen molar-refractivity contribution in [2.24, 2.45) is 5.73 Å². The van der Waals surface area contributed by atoms with Crippen LogP contribution >= 0.6 is 0 Å². The molecule has 2 aliphatic rings. The van der Waals surface area contributed by atoms with Crippen molar-refractivity contribution in [1.29, 1.82) is 0 Å². The molecule has 14 nitrogen and oxygen atoms in total. The van der Waals surface area contributed by atoms with Gasteiger partial charge in [0.1, 0.15) is 54.8 Å². The van der Waals surface area contributed by atoms with Crippen LogP contribution in [-0.2, 0) is 23.7 Å². The number of carboxylic acid groups (broad SMARTS) is 1. The van der Waals surface area contributed by atoms with Crippen LogP contribution in [0, 0.1) is 0 Å². The molecule has 0 amide bonds. The minimum Gasteiger partial charge on any atom is -0.480 e. The number of hydrogen-bond acceptors (Lipinski definition) is 13. The van der Waals surface area contributed by atoms with E-state index in [1.165, 1.54) is 0 Å². The molecule has 2 aliphatic heterocycles. The van der Waals surface area contributed by atoms with Gasteiger partial charge in [-0.25, -0.2) is 0 Å². The van der Waals surface area contributed by atoms with Crippen molar-refractivity contribution in [3.8, 4) is 0 Å². The van der Waals surface area contributed by atoms with Gasteiger partial charge in [-0.05, 0) is 0 Å². The van der Waals surface area contributed by atoms with Gasteiger partial charge in [0.25, 0.3) is 0 Å². The quantitative estimate of drug-likeness (QED) is 0.174. The van der Waals surface area contributed by atoms with Gasteiger partial charge in [0.2, 0.25) is 0 Å². The van der Waals surface area contributed by atoms with Crippen molar-refractivity contribution in [2.45, 2.75) is 67.4 Å². The first-order valence-electron chi connectivity index (χ1n) is 9.18. The van der Waals surface area contributed by atoms with E-state index in [2.05, 4.69) is 0 Å². The van der Waals surface area contributed by atoms with E-state index in [0.717, 1.165) is 0 Å². The average Bonchev–Trinajstić information content (AvgIpc) is 2.71. The molecule has 0 unspecified atom stereocenters. The Morgan fingerprint density at radius 3 is 1.97 bits per heavy atom. The molecular weight excluding hydrogens is 402 g/mol. The summed E-state index contributed by atoms with van der Waals surface area (Å²) in [6.07, 6.45) is -19.0. The highest BCUT2D eigenvalue weighted by Gasteiger charge is 2.50. The summed E-state index contributed by atoms with van der Waals surface area (Å²) < 4.78 is 29.1. The third-order valence-electron chi connectivity index (χ3n) is 4.55. The van der Waals surface area contributed by atoms with Gasteiger partial charge in [0.05, 0.1) is 21.2 Å². The van der Waals surface area contributed by atoms with E-state index in [1.54, 1.807) is 0 Å². The molecule has 10 N–H and O–H groups in total. The van der Waals surface area contributed by atoms with Crippen molar-refractivity contribution in [2.75, 3.05) is 19.8 Å². The van der Waals surface area contributed by atoms with Crippen molar-refractivity contribution in [1.82, 2.24) is 0 Å². The Morgan fingerprint density at radius 1 is 0.931 bits per heavy atom. The van der Waals surface area contributed by atoms with E-state index in [1.807, 2.05) is 0 Å². The Labute approximate surface area is 166 Å². The van der Waals surface area contributed by atoms with Gasteiger partial charge in [-0.1, -0.05) is 0 Å². The molecule has 170 valence electrons. The van der Waals surface area contributed by atoms with Crippen LogP contribution in [0.1, 0.15) is 1.37 Å². The highest BCUT2D eigenvalue weighted by Crippen LogP contribution is 2.29. The molecule has 0 aromatic carbocycles. The van der Waals surface area contributed by atoms with Crippen LogP contribution in [-0.4, -0.2) is 134 Å². The zero-order valence-corrected chi connectivity index (χ0v) is 15.1. The Morgan fingerprint density at radius 2 is 1.45 bits per heavy atom. The average molecular weight is 430 g/mol. The van der Waals surface area contributed by atoms with E-state index in [9.17, 15) is 40.5 Å². The van der Waals surface area contributed by atoms with Crippen LogP contribution in [0.5, 0.6) is 0 Å². The Kier molecular flexibility index (Phi) is 8.08. The molecule has 0 spiro atoms. The molecule has 0 aliphatic carbocycles. The van der Waals surface area contributed by atoms with Gasteiger partial charge < -0.3 is 65.5 Å². The Bertz CT molecular complexity index is 585. The van der Waals surface area contributed by atoms with Crippen molar-refractivity contribution >= 4 is 5.97 Å². The number of hydrogen-bond donors (Lipinski definition) is 9. The Hall–Kier alpha value is -1.01. The third-order valence-corrected chi connectivity index (χ3v) is 4.55. The lowest BCUT2D eigenvalue weighted by molar-refractivity contribution is -0.367. The number of rotatable bonds is 8. The minimum atomic E-state index is -2.78. The SMILES string of the molecule is [2H][C@@]1(O[C@H]2O[C@H](CO)[C@@H](O)[C@H](O)[C@@H]2O)[C@@H](OC[C@H](N)C(=O)O)O[C@H](CO)[C@@H](O)[C@@H]1O. The number of aliphatic hydroxyl groups excluding tert-OH is 7. The molecule has 0 bridgehead atoms. The molecular formula is C15H27NO13. The number of aliphatic carboxylic acids is 1. The first-order chi connectivity index (χ1) is 14.0. The summed E-state index contributed by atoms with van der Waals surface area (Å²) in [5.41, 5.74) is 5.33. The standard InChI is InChI=1S/C15H27NO13/c16-4(13(24)25)3-26-15-12(10(22)8(20)6(2-18)28-15)29-14-11(23)9(21)7(19)5(1-17)27-14/h4-12,14-15,17-23H,1-3,16H2,(H,24,25)/t4-,5+,6+,7+,8+,9-,10-,11-,12-,14+,15-/m0/s1/i12D. The molecule has 2 rings (SSSR count). The summed E-state index contributed by atoms with van der Waals surface area (Å²) >= 11 is 0. The lowest BCUT2D eigenvalue weighted by Crippen LogP contribution is -2.64. The van der Waals surface area contributed by atoms with Gasteiger partial charge in [-0.15, -0.1) is 0 Å². The summed E-state index contributed by atoms with van der Waals surface area (Å²) in [6, 6.07) is -1.55. The summed E-state index contributed by atoms with van der Waals surface area (Å²) in [6.45, 7) is -2.32. The van der Waals surface area contributed by atoms with Crippen LogP contribution in [0.4, 0.5) is 0 Å². The second-order valence-electron chi connectivity index (χ2n) is 6.62. The number of ether oxygens (including phenoxy) is 4. The number of nitrogens with two attached hydrogens (primary N) is 1. The second kappa shape index (κ2) is 10.3. The van der Waals surface area contributed by atoms with Crippen LogP contribution in [0.15, 0.2) is 0 Å². The highest BCUT2D eigenvalue weighted by atomic mass is 16.8. The molecule has 0 saturated carbocycles. The fourth-order valence-electron chi connectivity index (χ4n) is 2.78. The van der Waals surface area contributed by atoms with Gasteiger partial charge in [0, 0.05) is 0 Å². The first-order valence-corrected chi connectivity index (χ1v) is 8.68. The molecule has 29 heavy (non-hydrogen) atoms. The van der Waals surface area contributed by atoms with Crippen LogP contribution in [0.2, 0.25) is 0 Å². The van der Waals surface area contributed by atoms with Gasteiger partial charge >= 0.3 is 5.97 Å². The van der Waals surface area contributed by atoms with Crippen molar-refractivity contribution in [3.63, 3.8) is 0 Å². The molecule has 0 aromatic rings. The summed E-state index contributed by atoms with van der Waals surface area (Å²) in [5.74, 6) is -1.45. The summed E-state index contributed by atoms with van der Waals surface area (Å²) in [7, 11) is 0. The topological polar surface area (TPSA) is 242 Å². The highest BCUT2D eigenvalue weighted by molar-refractivity contribution is 5.73. The maximum absolute atomic E-state index is 10.9. The maximum atomic E-state index is 10.9. The smallest absolute Gasteiger partial charge is 0.322 e. The van der Waals surface area contributed by atoms with Gasteiger partial charge in [-0.3, -0.25) is 4.79 Å². The lowest BCUT2D eigenvalue weighted by atomic mass is 9.97. The Balaban J connectivity index is 2.27. The zero-order chi connectivity index (χ0) is 22.8. The predicted molar refractivity (Wildman–Crippen MR) is 88.0 cm³/mol. The van der Waals surface area contributed by atoms with Crippen LogP contribution in [0.25, 0.3) is 0 Å². The van der Waals surface area contributed by atoms with E-state index < -0.39 is 93.2 Å². The summed E-state index contributed by atoms with van der Waals surface area (Å²) in [4.78, 5) is 10.9. The molecule has 0 radical (unpaired) electrons. The van der Waals surface area contributed by atoms with Crippen molar-refractivity contribution in [3.05, 3.63) is 0 Å². The number of carboxylic acids is 1. The molecule has 2 fully saturated rings. The molecule has 11 atom stereocenters. The predicted octanol–water partition coefficient (Wildman–Crippen LogP) is -5.96. The zero-order valence-electron chi connectivity index (χ0n) is 16.1. The van der Waals surface area contributed by atoms with Crippen LogP contribution < -0.4 is 5.73 Å². The van der Waals surface area contributed by atoms with E-state index in [0.29, 0.717) is 0 Å². The molecule has 14 heteroatoms. The number of carbonyl (C=O) groups is 1. The molecule has 0 aromatic heterocycles. The maximum Gasteiger partial charge on any atom is 0.322 e. The van der Waals surface area contributed by atoms with E-state index in [4.69, 9.17) is 31.2 Å². The number of aliphatic hydroxyl groups is 7. The molecule has 2 saturated heterocycles. The van der Waals surface area contributed by atoms with E-state index in [-0.39, 0.29) is 0 Å². The van der Waals surface area contributed by atoms with E-state index >= 15 is 0 Å². The normalized spacial score (nSPS) is 47.4. The first kappa shape index (κ1) is 22.7. The van der Waals surface area contributed by atoms with Crippen LogP contribution in [0.3, 0.4) is 0 Å². The fourth-order valence-corrected chi connectivity index (χ4v) is 2.78. The van der Waals surface area contributed by atoms with Gasteiger partial charge in [0.15, 0.2) is 12.6 Å². The van der Waals surface area contributed by atoms with Crippen molar-refractivity contribution < 1.29 is 66.0 Å². The lowest BCUT2D eigenvalue weighted by Gasteiger charge is -2.46. The monoisotopic (exact) mass is 430 g/mol. The second-order valence-corrected chi connectivity index (χ2v) is 6.62. The fraction of sp³-hybridized carbons (Fsp3) is 0.933. The largest absolute Gasteiger partial charge is 0.480 e. The third kappa shape index (κ3) is 5.38. The van der Waals surface area contributed by atoms with Gasteiger partial charge in [-0.2, -0.15) is 0 Å². The summed E-state index contributed by atoms with van der Waals surface area (Å²) in [5, 5.41) is 77.7.